The van der Waals surface area contributed by atoms with E-state index in [2.05, 4.69) is 20.0 Å². The van der Waals surface area contributed by atoms with E-state index in [9.17, 15) is 4.39 Å². The van der Waals surface area contributed by atoms with Crippen LogP contribution in [0.25, 0.3) is 11.5 Å². The zero-order valence-corrected chi connectivity index (χ0v) is 12.7. The molecule has 1 aliphatic heterocycles. The van der Waals surface area contributed by atoms with E-state index in [1.807, 2.05) is 18.2 Å². The summed E-state index contributed by atoms with van der Waals surface area (Å²) in [7, 11) is 0. The molecular weight excluding hydrogens is 295 g/mol. The van der Waals surface area contributed by atoms with Crippen molar-refractivity contribution in [2.45, 2.75) is 19.9 Å². The molecule has 23 heavy (non-hydrogen) atoms. The van der Waals surface area contributed by atoms with Gasteiger partial charge >= 0.3 is 0 Å². The molecule has 0 saturated heterocycles. The molecule has 0 bridgehead atoms. The molecule has 0 atom stereocenters. The van der Waals surface area contributed by atoms with Crippen LogP contribution in [0, 0.1) is 12.7 Å². The number of pyridine rings is 1. The molecule has 0 saturated carbocycles. The number of rotatable bonds is 2. The van der Waals surface area contributed by atoms with E-state index in [1.54, 1.807) is 19.2 Å². The summed E-state index contributed by atoms with van der Waals surface area (Å²) in [6.45, 7) is 3.25. The summed E-state index contributed by atoms with van der Waals surface area (Å²) in [5, 5.41) is 3.85. The van der Waals surface area contributed by atoms with Crippen LogP contribution in [0.15, 0.2) is 41.1 Å². The van der Waals surface area contributed by atoms with Crippen LogP contribution in [0.1, 0.15) is 17.0 Å². The molecule has 1 aromatic carbocycles. The maximum Gasteiger partial charge on any atom is 0.261 e. The largest absolute Gasteiger partial charge is 0.351 e. The van der Waals surface area contributed by atoms with Gasteiger partial charge in [0.2, 0.25) is 0 Å². The minimum Gasteiger partial charge on any atom is -0.351 e. The highest BCUT2D eigenvalue weighted by Crippen LogP contribution is 2.31. The monoisotopic (exact) mass is 310 g/mol. The van der Waals surface area contributed by atoms with E-state index in [4.69, 9.17) is 4.52 Å². The summed E-state index contributed by atoms with van der Waals surface area (Å²) in [5.41, 5.74) is 3.00. The first-order valence-corrected chi connectivity index (χ1v) is 7.48. The smallest absolute Gasteiger partial charge is 0.261 e. The molecule has 0 N–H and O–H groups in total. The first-order valence-electron chi connectivity index (χ1n) is 7.48. The highest BCUT2D eigenvalue weighted by molar-refractivity contribution is 5.70. The molecule has 3 aromatic rings. The Kier molecular flexibility index (Phi) is 3.29. The number of hydrogen-bond acceptors (Lipinski definition) is 5. The van der Waals surface area contributed by atoms with Crippen molar-refractivity contribution in [2.75, 3.05) is 11.4 Å². The van der Waals surface area contributed by atoms with Crippen LogP contribution < -0.4 is 4.90 Å². The number of hydrogen-bond donors (Lipinski definition) is 0. The molecule has 116 valence electrons. The van der Waals surface area contributed by atoms with Crippen molar-refractivity contribution in [1.29, 1.82) is 0 Å². The maximum absolute atomic E-state index is 13.3. The fraction of sp³-hybridized carbons (Fsp3) is 0.235. The van der Waals surface area contributed by atoms with Crippen LogP contribution in [0.5, 0.6) is 0 Å². The first-order chi connectivity index (χ1) is 11.2. The molecule has 0 radical (unpaired) electrons. The van der Waals surface area contributed by atoms with Gasteiger partial charge in [0, 0.05) is 19.3 Å². The summed E-state index contributed by atoms with van der Waals surface area (Å²) in [4.78, 5) is 11.0. The highest BCUT2D eigenvalue weighted by Gasteiger charge is 2.22. The fourth-order valence-corrected chi connectivity index (χ4v) is 2.92. The first kappa shape index (κ1) is 13.9. The lowest BCUT2D eigenvalue weighted by Gasteiger charge is -2.30. The quantitative estimate of drug-likeness (QED) is 0.728. The third-order valence-corrected chi connectivity index (χ3v) is 4.02. The Morgan fingerprint density at radius 1 is 1.22 bits per heavy atom. The normalized spacial score (nSPS) is 13.9. The van der Waals surface area contributed by atoms with Crippen LogP contribution in [-0.2, 0) is 13.0 Å². The average molecular weight is 310 g/mol. The summed E-state index contributed by atoms with van der Waals surface area (Å²) in [5.74, 6) is 1.69. The number of halogens is 1. The second kappa shape index (κ2) is 5.46. The van der Waals surface area contributed by atoms with Crippen molar-refractivity contribution in [1.82, 2.24) is 15.1 Å². The standard InChI is InChI=1S/C17H15FN4O/c1-11-20-17(23-21-11)15-3-2-7-19-16(15)22-8-6-12-9-14(18)5-4-13(12)10-22/h2-5,7,9H,6,8,10H2,1H3. The molecular formula is C17H15FN4O. The number of fused-ring (bicyclic) bond motifs is 1. The molecule has 6 heteroatoms. The van der Waals surface area contributed by atoms with Gasteiger partial charge in [-0.1, -0.05) is 11.2 Å². The van der Waals surface area contributed by atoms with Crippen LogP contribution in [-0.4, -0.2) is 21.7 Å². The number of aromatic nitrogens is 3. The Labute approximate surface area is 132 Å². The van der Waals surface area contributed by atoms with Gasteiger partial charge in [0.15, 0.2) is 5.82 Å². The van der Waals surface area contributed by atoms with Crippen molar-refractivity contribution >= 4 is 5.82 Å². The molecule has 0 amide bonds. The topological polar surface area (TPSA) is 55.1 Å². The van der Waals surface area contributed by atoms with E-state index >= 15 is 0 Å². The number of anilines is 1. The summed E-state index contributed by atoms with van der Waals surface area (Å²) in [6.07, 6.45) is 2.54. The molecule has 2 aromatic heterocycles. The predicted molar refractivity (Wildman–Crippen MR) is 83.4 cm³/mol. The van der Waals surface area contributed by atoms with Crippen LogP contribution in [0.3, 0.4) is 0 Å². The molecule has 0 unspecified atom stereocenters. The summed E-state index contributed by atoms with van der Waals surface area (Å²) in [6, 6.07) is 8.74. The summed E-state index contributed by atoms with van der Waals surface area (Å²) < 4.78 is 18.6. The lowest BCUT2D eigenvalue weighted by atomic mass is 9.99. The SMILES string of the molecule is Cc1noc(-c2cccnc2N2CCc3cc(F)ccc3C2)n1. The minimum atomic E-state index is -0.183. The second-order valence-corrected chi connectivity index (χ2v) is 5.61. The predicted octanol–water partition coefficient (Wildman–Crippen LogP) is 3.14. The van der Waals surface area contributed by atoms with E-state index < -0.39 is 0 Å². The van der Waals surface area contributed by atoms with E-state index in [0.29, 0.717) is 18.3 Å². The van der Waals surface area contributed by atoms with E-state index in [-0.39, 0.29) is 5.82 Å². The van der Waals surface area contributed by atoms with Gasteiger partial charge < -0.3 is 9.42 Å². The van der Waals surface area contributed by atoms with Gasteiger partial charge in [-0.15, -0.1) is 0 Å². The van der Waals surface area contributed by atoms with Gasteiger partial charge in [0.1, 0.15) is 11.6 Å². The third kappa shape index (κ3) is 2.56. The van der Waals surface area contributed by atoms with Crippen molar-refractivity contribution in [3.05, 3.63) is 59.3 Å². The minimum absolute atomic E-state index is 0.183. The fourth-order valence-electron chi connectivity index (χ4n) is 2.92. The lowest BCUT2D eigenvalue weighted by molar-refractivity contribution is 0.425. The van der Waals surface area contributed by atoms with Crippen LogP contribution in [0.4, 0.5) is 10.2 Å². The Bertz CT molecular complexity index is 861. The Hall–Kier alpha value is -2.76. The molecule has 0 spiro atoms. The Balaban J connectivity index is 1.71. The second-order valence-electron chi connectivity index (χ2n) is 5.61. The summed E-state index contributed by atoms with van der Waals surface area (Å²) >= 11 is 0. The number of nitrogens with zero attached hydrogens (tertiary/aromatic N) is 4. The molecule has 0 aliphatic carbocycles. The zero-order chi connectivity index (χ0) is 15.8. The van der Waals surface area contributed by atoms with Gasteiger partial charge in [-0.3, -0.25) is 0 Å². The van der Waals surface area contributed by atoms with Crippen LogP contribution in [0.2, 0.25) is 0 Å². The average Bonchev–Trinajstić information content (AvgIpc) is 3.01. The Morgan fingerprint density at radius 3 is 2.96 bits per heavy atom. The zero-order valence-electron chi connectivity index (χ0n) is 12.7. The van der Waals surface area contributed by atoms with Crippen molar-refractivity contribution in [3.63, 3.8) is 0 Å². The Morgan fingerprint density at radius 2 is 2.13 bits per heavy atom. The number of benzene rings is 1. The molecule has 4 rings (SSSR count). The maximum atomic E-state index is 13.3. The van der Waals surface area contributed by atoms with Crippen molar-refractivity contribution < 1.29 is 8.91 Å². The van der Waals surface area contributed by atoms with Crippen molar-refractivity contribution in [2.24, 2.45) is 0 Å². The lowest BCUT2D eigenvalue weighted by Crippen LogP contribution is -2.31. The molecule has 5 nitrogen and oxygen atoms in total. The molecule has 1 aliphatic rings. The number of aryl methyl sites for hydroxylation is 1. The molecule has 0 fully saturated rings. The van der Waals surface area contributed by atoms with Gasteiger partial charge in [0.25, 0.3) is 5.89 Å². The van der Waals surface area contributed by atoms with Gasteiger partial charge in [-0.25, -0.2) is 9.37 Å². The van der Waals surface area contributed by atoms with Crippen molar-refractivity contribution in [3.8, 4) is 11.5 Å². The highest BCUT2D eigenvalue weighted by atomic mass is 19.1. The van der Waals surface area contributed by atoms with Gasteiger partial charge in [-0.2, -0.15) is 4.98 Å². The van der Waals surface area contributed by atoms with Crippen LogP contribution >= 0.6 is 0 Å². The van der Waals surface area contributed by atoms with Gasteiger partial charge in [-0.05, 0) is 48.7 Å². The van der Waals surface area contributed by atoms with E-state index in [1.165, 1.54) is 6.07 Å². The van der Waals surface area contributed by atoms with E-state index in [0.717, 1.165) is 35.5 Å². The van der Waals surface area contributed by atoms with Gasteiger partial charge in [0.05, 0.1) is 5.56 Å². The molecule has 3 heterocycles. The third-order valence-electron chi connectivity index (χ3n) is 4.02.